The molecule has 3 nitrogen and oxygen atoms in total. The summed E-state index contributed by atoms with van der Waals surface area (Å²) in [5, 5.41) is 0. The van der Waals surface area contributed by atoms with Crippen LogP contribution in [0, 0.1) is 5.82 Å². The van der Waals surface area contributed by atoms with E-state index in [-0.39, 0.29) is 5.69 Å². The van der Waals surface area contributed by atoms with Crippen molar-refractivity contribution in [2.45, 2.75) is 0 Å². The number of carbonyl (C=O) groups excluding carboxylic acids is 1. The number of rotatable bonds is 1. The second-order valence-corrected chi connectivity index (χ2v) is 1.99. The van der Waals surface area contributed by atoms with Gasteiger partial charge in [-0.3, -0.25) is 4.79 Å². The number of primary amides is 1. The molecule has 0 atom stereocenters. The van der Waals surface area contributed by atoms with Crippen LogP contribution in [0.5, 0.6) is 0 Å². The molecule has 0 aliphatic rings. The van der Waals surface area contributed by atoms with Crippen molar-refractivity contribution in [1.82, 2.24) is 4.57 Å². The first-order chi connectivity index (χ1) is 4.63. The highest BCUT2D eigenvalue weighted by atomic mass is 19.1. The molecule has 54 valence electrons. The van der Waals surface area contributed by atoms with Gasteiger partial charge in [0.25, 0.3) is 5.91 Å². The van der Waals surface area contributed by atoms with E-state index in [4.69, 9.17) is 5.73 Å². The summed E-state index contributed by atoms with van der Waals surface area (Å²) < 4.78 is 13.9. The van der Waals surface area contributed by atoms with Gasteiger partial charge < -0.3 is 10.3 Å². The van der Waals surface area contributed by atoms with Gasteiger partial charge in [0.05, 0.1) is 0 Å². The van der Waals surface area contributed by atoms with Crippen LogP contribution < -0.4 is 5.73 Å². The highest BCUT2D eigenvalue weighted by Gasteiger charge is 2.10. The Bertz CT molecular complexity index is 247. The lowest BCUT2D eigenvalue weighted by atomic mass is 10.4. The van der Waals surface area contributed by atoms with E-state index >= 15 is 0 Å². The molecular formula is C6H7FN2O. The fourth-order valence-electron chi connectivity index (χ4n) is 0.791. The van der Waals surface area contributed by atoms with Gasteiger partial charge in [-0.05, 0) is 6.07 Å². The summed E-state index contributed by atoms with van der Waals surface area (Å²) in [6, 6.07) is 1.19. The van der Waals surface area contributed by atoms with Crippen LogP contribution in [-0.2, 0) is 7.05 Å². The first-order valence-corrected chi connectivity index (χ1v) is 2.73. The molecule has 1 aromatic rings. The Hall–Kier alpha value is -1.32. The van der Waals surface area contributed by atoms with E-state index in [9.17, 15) is 9.18 Å². The van der Waals surface area contributed by atoms with Gasteiger partial charge in [0.2, 0.25) is 0 Å². The third kappa shape index (κ3) is 0.877. The molecule has 2 N–H and O–H groups in total. The Morgan fingerprint density at radius 3 is 2.60 bits per heavy atom. The van der Waals surface area contributed by atoms with Crippen molar-refractivity contribution < 1.29 is 9.18 Å². The average Bonchev–Trinajstić information content (AvgIpc) is 2.11. The summed E-state index contributed by atoms with van der Waals surface area (Å²) >= 11 is 0. The predicted molar refractivity (Wildman–Crippen MR) is 33.9 cm³/mol. The standard InChI is InChI=1S/C6H7FN2O/c1-9-3-2-4(7)5(9)6(8)10/h2-3H,1H3,(H2,8,10). The molecule has 0 fully saturated rings. The number of nitrogens with two attached hydrogens (primary N) is 1. The molecule has 1 rings (SSSR count). The van der Waals surface area contributed by atoms with Crippen molar-refractivity contribution in [3.05, 3.63) is 23.8 Å². The maximum atomic E-state index is 12.5. The van der Waals surface area contributed by atoms with E-state index in [1.807, 2.05) is 0 Å². The van der Waals surface area contributed by atoms with Gasteiger partial charge in [0.1, 0.15) is 5.69 Å². The molecule has 0 saturated heterocycles. The summed E-state index contributed by atoms with van der Waals surface area (Å²) in [5.74, 6) is -1.32. The van der Waals surface area contributed by atoms with Crippen LogP contribution in [0.15, 0.2) is 12.3 Å². The van der Waals surface area contributed by atoms with E-state index < -0.39 is 11.7 Å². The second kappa shape index (κ2) is 2.13. The highest BCUT2D eigenvalue weighted by molar-refractivity contribution is 5.91. The van der Waals surface area contributed by atoms with E-state index in [0.29, 0.717) is 0 Å². The first kappa shape index (κ1) is 6.80. The second-order valence-electron chi connectivity index (χ2n) is 1.99. The lowest BCUT2D eigenvalue weighted by Crippen LogP contribution is -2.16. The molecule has 0 aliphatic carbocycles. The van der Waals surface area contributed by atoms with Crippen LogP contribution >= 0.6 is 0 Å². The van der Waals surface area contributed by atoms with Gasteiger partial charge in [-0.15, -0.1) is 0 Å². The van der Waals surface area contributed by atoms with Gasteiger partial charge in [0, 0.05) is 13.2 Å². The minimum atomic E-state index is -0.745. The monoisotopic (exact) mass is 142 g/mol. The molecule has 10 heavy (non-hydrogen) atoms. The Balaban J connectivity index is 3.23. The van der Waals surface area contributed by atoms with E-state index in [0.717, 1.165) is 0 Å². The number of aromatic nitrogens is 1. The molecule has 4 heteroatoms. The van der Waals surface area contributed by atoms with Gasteiger partial charge in [-0.1, -0.05) is 0 Å². The zero-order valence-corrected chi connectivity index (χ0v) is 5.47. The summed E-state index contributed by atoms with van der Waals surface area (Å²) in [7, 11) is 1.56. The van der Waals surface area contributed by atoms with Crippen LogP contribution in [0.1, 0.15) is 10.5 Å². The maximum absolute atomic E-state index is 12.5. The van der Waals surface area contributed by atoms with Crippen molar-refractivity contribution in [3.8, 4) is 0 Å². The fourth-order valence-corrected chi connectivity index (χ4v) is 0.791. The SMILES string of the molecule is Cn1ccc(F)c1C(N)=O. The average molecular weight is 142 g/mol. The number of carbonyl (C=O) groups is 1. The minimum Gasteiger partial charge on any atom is -0.364 e. The smallest absolute Gasteiger partial charge is 0.268 e. The summed E-state index contributed by atoms with van der Waals surface area (Å²) in [6.45, 7) is 0. The zero-order valence-electron chi connectivity index (χ0n) is 5.47. The Morgan fingerprint density at radius 1 is 1.80 bits per heavy atom. The molecule has 0 spiro atoms. The normalized spacial score (nSPS) is 9.80. The first-order valence-electron chi connectivity index (χ1n) is 2.73. The van der Waals surface area contributed by atoms with Crippen LogP contribution in [0.4, 0.5) is 4.39 Å². The Kier molecular flexibility index (Phi) is 1.45. The topological polar surface area (TPSA) is 48.0 Å². The molecule has 0 radical (unpaired) electrons. The van der Waals surface area contributed by atoms with E-state index in [1.165, 1.54) is 16.8 Å². The molecular weight excluding hydrogens is 135 g/mol. The third-order valence-electron chi connectivity index (χ3n) is 1.26. The molecule has 1 heterocycles. The van der Waals surface area contributed by atoms with Crippen LogP contribution in [-0.4, -0.2) is 10.5 Å². The van der Waals surface area contributed by atoms with Gasteiger partial charge in [-0.25, -0.2) is 4.39 Å². The molecule has 0 saturated carbocycles. The van der Waals surface area contributed by atoms with Crippen molar-refractivity contribution in [2.75, 3.05) is 0 Å². The lowest BCUT2D eigenvalue weighted by Gasteiger charge is -1.95. The number of amides is 1. The number of nitrogens with zero attached hydrogens (tertiary/aromatic N) is 1. The number of hydrogen-bond acceptors (Lipinski definition) is 1. The van der Waals surface area contributed by atoms with Crippen LogP contribution in [0.2, 0.25) is 0 Å². The minimum absolute atomic E-state index is 0.0833. The van der Waals surface area contributed by atoms with Crippen LogP contribution in [0.3, 0.4) is 0 Å². The van der Waals surface area contributed by atoms with Crippen molar-refractivity contribution >= 4 is 5.91 Å². The third-order valence-corrected chi connectivity index (χ3v) is 1.26. The van der Waals surface area contributed by atoms with Gasteiger partial charge in [-0.2, -0.15) is 0 Å². The number of hydrogen-bond donors (Lipinski definition) is 1. The Labute approximate surface area is 57.2 Å². The predicted octanol–water partition coefficient (Wildman–Crippen LogP) is 0.263. The van der Waals surface area contributed by atoms with Gasteiger partial charge in [0.15, 0.2) is 5.82 Å². The molecule has 0 bridgehead atoms. The largest absolute Gasteiger partial charge is 0.364 e. The van der Waals surface area contributed by atoms with Crippen molar-refractivity contribution in [2.24, 2.45) is 12.8 Å². The molecule has 0 aliphatic heterocycles. The van der Waals surface area contributed by atoms with Crippen LogP contribution in [0.25, 0.3) is 0 Å². The Morgan fingerprint density at radius 2 is 2.40 bits per heavy atom. The van der Waals surface area contributed by atoms with Crippen molar-refractivity contribution in [3.63, 3.8) is 0 Å². The highest BCUT2D eigenvalue weighted by Crippen LogP contribution is 2.05. The summed E-state index contributed by atoms with van der Waals surface area (Å²) in [6.07, 6.45) is 1.44. The van der Waals surface area contributed by atoms with Gasteiger partial charge >= 0.3 is 0 Å². The zero-order chi connectivity index (χ0) is 7.72. The quantitative estimate of drug-likeness (QED) is 0.600. The summed E-state index contributed by atoms with van der Waals surface area (Å²) in [5.41, 5.74) is 4.78. The molecule has 1 aromatic heterocycles. The maximum Gasteiger partial charge on any atom is 0.268 e. The molecule has 1 amide bonds. The van der Waals surface area contributed by atoms with Crippen molar-refractivity contribution in [1.29, 1.82) is 0 Å². The number of halogens is 1. The molecule has 0 aromatic carbocycles. The van der Waals surface area contributed by atoms with E-state index in [1.54, 1.807) is 7.05 Å². The fraction of sp³-hybridized carbons (Fsp3) is 0.167. The number of aryl methyl sites for hydroxylation is 1. The molecule has 0 unspecified atom stereocenters. The van der Waals surface area contributed by atoms with E-state index in [2.05, 4.69) is 0 Å². The lowest BCUT2D eigenvalue weighted by molar-refractivity contribution is 0.0988. The summed E-state index contributed by atoms with van der Waals surface area (Å²) in [4.78, 5) is 10.5.